The van der Waals surface area contributed by atoms with E-state index in [-0.39, 0.29) is 12.3 Å². The van der Waals surface area contributed by atoms with Gasteiger partial charge in [-0.3, -0.25) is 4.79 Å². The molecule has 1 amide bonds. The first-order valence-electron chi connectivity index (χ1n) is 6.27. The molecule has 3 nitrogen and oxygen atoms in total. The number of carbonyl (C=O) groups is 1. The normalized spacial score (nSPS) is 11.6. The predicted molar refractivity (Wildman–Crippen MR) is 76.7 cm³/mol. The molecule has 0 radical (unpaired) electrons. The molecule has 0 saturated carbocycles. The lowest BCUT2D eigenvalue weighted by molar-refractivity contribution is -0.123. The summed E-state index contributed by atoms with van der Waals surface area (Å²) in [5.41, 5.74) is 0.687. The minimum absolute atomic E-state index is 0.0524. The Bertz CT molecular complexity index is 436. The van der Waals surface area contributed by atoms with Crippen LogP contribution in [-0.4, -0.2) is 17.6 Å². The number of hydrogen-bond acceptors (Lipinski definition) is 2. The Morgan fingerprint density at radius 2 is 2.05 bits per heavy atom. The zero-order chi connectivity index (χ0) is 14.1. The van der Waals surface area contributed by atoms with E-state index in [1.807, 2.05) is 0 Å². The van der Waals surface area contributed by atoms with E-state index in [1.165, 1.54) is 0 Å². The molecule has 0 aromatic heterocycles. The number of nitrogens with one attached hydrogen (secondary N) is 1. The zero-order valence-corrected chi connectivity index (χ0v) is 11.5. The second-order valence-electron chi connectivity index (χ2n) is 4.28. The SMILES string of the molecule is C#CCCCCNC(=O)CC(O)c1ccc(Cl)cc1. The van der Waals surface area contributed by atoms with Crippen LogP contribution in [0.25, 0.3) is 0 Å². The summed E-state index contributed by atoms with van der Waals surface area (Å²) < 4.78 is 0. The van der Waals surface area contributed by atoms with E-state index in [0.29, 0.717) is 17.1 Å². The number of terminal acetylenes is 1. The zero-order valence-electron chi connectivity index (χ0n) is 10.7. The summed E-state index contributed by atoms with van der Waals surface area (Å²) >= 11 is 5.76. The lowest BCUT2D eigenvalue weighted by Gasteiger charge is -2.11. The lowest BCUT2D eigenvalue weighted by Crippen LogP contribution is -2.26. The quantitative estimate of drug-likeness (QED) is 0.595. The third-order valence-electron chi connectivity index (χ3n) is 2.70. The third-order valence-corrected chi connectivity index (χ3v) is 2.96. The molecule has 0 bridgehead atoms. The first-order chi connectivity index (χ1) is 9.13. The van der Waals surface area contributed by atoms with Crippen LogP contribution in [0.3, 0.4) is 0 Å². The van der Waals surface area contributed by atoms with Crippen LogP contribution >= 0.6 is 11.6 Å². The monoisotopic (exact) mass is 279 g/mol. The number of aliphatic hydroxyl groups excluding tert-OH is 1. The van der Waals surface area contributed by atoms with Crippen LogP contribution in [0.2, 0.25) is 5.02 Å². The molecule has 0 aliphatic rings. The molecule has 0 aliphatic carbocycles. The van der Waals surface area contributed by atoms with Crippen LogP contribution in [0.15, 0.2) is 24.3 Å². The summed E-state index contributed by atoms with van der Waals surface area (Å²) in [7, 11) is 0. The molecular weight excluding hydrogens is 262 g/mol. The average Bonchev–Trinajstić information content (AvgIpc) is 2.39. The van der Waals surface area contributed by atoms with Crippen molar-refractivity contribution in [1.29, 1.82) is 0 Å². The smallest absolute Gasteiger partial charge is 0.222 e. The van der Waals surface area contributed by atoms with Gasteiger partial charge < -0.3 is 10.4 Å². The minimum Gasteiger partial charge on any atom is -0.388 e. The fraction of sp³-hybridized carbons (Fsp3) is 0.400. The molecule has 0 fully saturated rings. The van der Waals surface area contributed by atoms with Crippen LogP contribution in [0.1, 0.15) is 37.4 Å². The Kier molecular flexibility index (Phi) is 7.02. The number of aliphatic hydroxyl groups is 1. The Labute approximate surface area is 119 Å². The molecule has 1 atom stereocenters. The number of benzene rings is 1. The number of carbonyl (C=O) groups excluding carboxylic acids is 1. The number of halogens is 1. The van der Waals surface area contributed by atoms with Gasteiger partial charge in [0.15, 0.2) is 0 Å². The molecule has 102 valence electrons. The van der Waals surface area contributed by atoms with Crippen molar-refractivity contribution in [2.24, 2.45) is 0 Å². The molecule has 1 rings (SSSR count). The summed E-state index contributed by atoms with van der Waals surface area (Å²) in [4.78, 5) is 11.6. The topological polar surface area (TPSA) is 49.3 Å². The van der Waals surface area contributed by atoms with Crippen molar-refractivity contribution in [3.63, 3.8) is 0 Å². The van der Waals surface area contributed by atoms with E-state index in [1.54, 1.807) is 24.3 Å². The summed E-state index contributed by atoms with van der Waals surface area (Å²) in [5.74, 6) is 2.39. The van der Waals surface area contributed by atoms with Gasteiger partial charge in [0.25, 0.3) is 0 Å². The first-order valence-corrected chi connectivity index (χ1v) is 6.65. The highest BCUT2D eigenvalue weighted by molar-refractivity contribution is 6.30. The average molecular weight is 280 g/mol. The highest BCUT2D eigenvalue weighted by Gasteiger charge is 2.12. The third kappa shape index (κ3) is 6.28. The van der Waals surface area contributed by atoms with Gasteiger partial charge in [0.2, 0.25) is 5.91 Å². The molecule has 19 heavy (non-hydrogen) atoms. The van der Waals surface area contributed by atoms with E-state index in [2.05, 4.69) is 11.2 Å². The van der Waals surface area contributed by atoms with Crippen molar-refractivity contribution in [3.8, 4) is 12.3 Å². The summed E-state index contributed by atoms with van der Waals surface area (Å²) in [6, 6.07) is 6.82. The number of rotatable bonds is 7. The fourth-order valence-corrected chi connectivity index (χ4v) is 1.76. The van der Waals surface area contributed by atoms with E-state index in [4.69, 9.17) is 18.0 Å². The summed E-state index contributed by atoms with van der Waals surface area (Å²) in [6.45, 7) is 0.591. The van der Waals surface area contributed by atoms with Gasteiger partial charge in [-0.05, 0) is 30.5 Å². The van der Waals surface area contributed by atoms with Crippen molar-refractivity contribution in [2.45, 2.75) is 31.8 Å². The van der Waals surface area contributed by atoms with Crippen molar-refractivity contribution in [2.75, 3.05) is 6.54 Å². The van der Waals surface area contributed by atoms with Crippen LogP contribution in [0.5, 0.6) is 0 Å². The standard InChI is InChI=1S/C15H18ClNO2/c1-2-3-4-5-10-17-15(19)11-14(18)12-6-8-13(16)9-7-12/h1,6-9,14,18H,3-5,10-11H2,(H,17,19). The van der Waals surface area contributed by atoms with Gasteiger partial charge in [-0.25, -0.2) is 0 Å². The molecule has 1 aromatic carbocycles. The van der Waals surface area contributed by atoms with Crippen molar-refractivity contribution in [1.82, 2.24) is 5.32 Å². The molecule has 0 heterocycles. The van der Waals surface area contributed by atoms with Crippen LogP contribution in [0, 0.1) is 12.3 Å². The molecule has 1 aromatic rings. The fourth-order valence-electron chi connectivity index (χ4n) is 1.63. The van der Waals surface area contributed by atoms with Crippen molar-refractivity contribution >= 4 is 17.5 Å². The number of unbranched alkanes of at least 4 members (excludes halogenated alkanes) is 2. The highest BCUT2D eigenvalue weighted by Crippen LogP contribution is 2.18. The number of hydrogen-bond donors (Lipinski definition) is 2. The van der Waals surface area contributed by atoms with Crippen LogP contribution < -0.4 is 5.32 Å². The van der Waals surface area contributed by atoms with E-state index in [9.17, 15) is 9.90 Å². The highest BCUT2D eigenvalue weighted by atomic mass is 35.5. The Morgan fingerprint density at radius 1 is 1.37 bits per heavy atom. The molecule has 0 aliphatic heterocycles. The molecule has 4 heteroatoms. The number of amides is 1. The lowest BCUT2D eigenvalue weighted by atomic mass is 10.1. The molecule has 1 unspecified atom stereocenters. The second kappa shape index (κ2) is 8.58. The summed E-state index contributed by atoms with van der Waals surface area (Å²) in [6.07, 6.45) is 6.86. The summed E-state index contributed by atoms with van der Waals surface area (Å²) in [5, 5.41) is 13.3. The molecule has 2 N–H and O–H groups in total. The van der Waals surface area contributed by atoms with Gasteiger partial charge >= 0.3 is 0 Å². The predicted octanol–water partition coefficient (Wildman–Crippen LogP) is 2.68. The van der Waals surface area contributed by atoms with Gasteiger partial charge in [-0.2, -0.15) is 0 Å². The van der Waals surface area contributed by atoms with E-state index < -0.39 is 6.10 Å². The Hall–Kier alpha value is -1.50. The molecule has 0 spiro atoms. The van der Waals surface area contributed by atoms with Crippen molar-refractivity contribution < 1.29 is 9.90 Å². The van der Waals surface area contributed by atoms with Gasteiger partial charge in [-0.1, -0.05) is 23.7 Å². The Morgan fingerprint density at radius 3 is 2.68 bits per heavy atom. The molecular formula is C15H18ClNO2. The largest absolute Gasteiger partial charge is 0.388 e. The van der Waals surface area contributed by atoms with Crippen molar-refractivity contribution in [3.05, 3.63) is 34.9 Å². The Balaban J connectivity index is 2.28. The van der Waals surface area contributed by atoms with Gasteiger partial charge in [-0.15, -0.1) is 12.3 Å². The van der Waals surface area contributed by atoms with Gasteiger partial charge in [0.05, 0.1) is 12.5 Å². The van der Waals surface area contributed by atoms with Gasteiger partial charge in [0, 0.05) is 18.0 Å². The molecule has 0 saturated heterocycles. The van der Waals surface area contributed by atoms with E-state index in [0.717, 1.165) is 19.3 Å². The van der Waals surface area contributed by atoms with Crippen LogP contribution in [0.4, 0.5) is 0 Å². The van der Waals surface area contributed by atoms with E-state index >= 15 is 0 Å². The first kappa shape index (κ1) is 15.6. The minimum atomic E-state index is -0.803. The van der Waals surface area contributed by atoms with Crippen LogP contribution in [-0.2, 0) is 4.79 Å². The maximum atomic E-state index is 11.6. The van der Waals surface area contributed by atoms with Gasteiger partial charge in [0.1, 0.15) is 0 Å². The second-order valence-corrected chi connectivity index (χ2v) is 4.72. The maximum absolute atomic E-state index is 11.6. The maximum Gasteiger partial charge on any atom is 0.222 e.